The normalized spacial score (nSPS) is 10.3. The van der Waals surface area contributed by atoms with Crippen LogP contribution in [-0.4, -0.2) is 34.5 Å². The molecule has 4 nitrogen and oxygen atoms in total. The average Bonchev–Trinajstić information content (AvgIpc) is 2.38. The van der Waals surface area contributed by atoms with Gasteiger partial charge in [-0.2, -0.15) is 0 Å². The van der Waals surface area contributed by atoms with E-state index in [1.165, 1.54) is 0 Å². The van der Waals surface area contributed by atoms with Gasteiger partial charge < -0.3 is 19.5 Å². The van der Waals surface area contributed by atoms with Crippen molar-refractivity contribution in [2.24, 2.45) is 0 Å². The summed E-state index contributed by atoms with van der Waals surface area (Å²) in [5, 5.41) is 3.35. The summed E-state index contributed by atoms with van der Waals surface area (Å²) in [5.41, 5.74) is 1.10. The smallest absolute Gasteiger partial charge is 0.165 e. The van der Waals surface area contributed by atoms with Gasteiger partial charge in [-0.05, 0) is 19.0 Å². The molecule has 0 amide bonds. The predicted molar refractivity (Wildman–Crippen MR) is 67.7 cm³/mol. The summed E-state index contributed by atoms with van der Waals surface area (Å²) in [5.74, 6) is 1.57. The molecular formula is C13H21NO3. The molecule has 1 aromatic carbocycles. The van der Waals surface area contributed by atoms with Gasteiger partial charge in [0.25, 0.3) is 0 Å². The maximum Gasteiger partial charge on any atom is 0.165 e. The van der Waals surface area contributed by atoms with E-state index in [1.54, 1.807) is 21.3 Å². The van der Waals surface area contributed by atoms with Crippen LogP contribution in [0.15, 0.2) is 18.2 Å². The van der Waals surface area contributed by atoms with Crippen LogP contribution in [0.4, 0.5) is 0 Å². The highest BCUT2D eigenvalue weighted by Gasteiger charge is 2.08. The molecule has 0 aliphatic rings. The predicted octanol–water partition coefficient (Wildman–Crippen LogP) is 1.83. The molecule has 4 heteroatoms. The van der Waals surface area contributed by atoms with Crippen LogP contribution in [-0.2, 0) is 11.3 Å². The van der Waals surface area contributed by atoms with Gasteiger partial charge in [-0.1, -0.05) is 12.1 Å². The highest BCUT2D eigenvalue weighted by Crippen LogP contribution is 2.30. The Bertz CT molecular complexity index is 328. The summed E-state index contributed by atoms with van der Waals surface area (Å²) in [6, 6.07) is 5.89. The molecule has 0 unspecified atom stereocenters. The summed E-state index contributed by atoms with van der Waals surface area (Å²) < 4.78 is 15.6. The number of methoxy groups -OCH3 is 3. The number of para-hydroxylation sites is 1. The Morgan fingerprint density at radius 3 is 2.59 bits per heavy atom. The first-order valence-corrected chi connectivity index (χ1v) is 5.73. The maximum absolute atomic E-state index is 5.36. The lowest BCUT2D eigenvalue weighted by Crippen LogP contribution is -2.16. The van der Waals surface area contributed by atoms with Gasteiger partial charge in [0.15, 0.2) is 11.5 Å². The summed E-state index contributed by atoms with van der Waals surface area (Å²) in [7, 11) is 5.02. The molecule has 17 heavy (non-hydrogen) atoms. The van der Waals surface area contributed by atoms with Gasteiger partial charge in [0.2, 0.25) is 0 Å². The largest absolute Gasteiger partial charge is 0.493 e. The number of nitrogens with one attached hydrogen (secondary N) is 1. The van der Waals surface area contributed by atoms with Crippen LogP contribution in [0.1, 0.15) is 12.0 Å². The Morgan fingerprint density at radius 2 is 1.94 bits per heavy atom. The first-order valence-electron chi connectivity index (χ1n) is 5.73. The highest BCUT2D eigenvalue weighted by molar-refractivity contribution is 5.46. The van der Waals surface area contributed by atoms with Gasteiger partial charge in [0.1, 0.15) is 0 Å². The van der Waals surface area contributed by atoms with Crippen molar-refractivity contribution in [3.63, 3.8) is 0 Å². The first kappa shape index (κ1) is 13.8. The Morgan fingerprint density at radius 1 is 1.12 bits per heavy atom. The van der Waals surface area contributed by atoms with Crippen molar-refractivity contribution in [1.29, 1.82) is 0 Å². The summed E-state index contributed by atoms with van der Waals surface area (Å²) >= 11 is 0. The maximum atomic E-state index is 5.36. The molecule has 1 N–H and O–H groups in total. The average molecular weight is 239 g/mol. The Labute approximate surface area is 103 Å². The van der Waals surface area contributed by atoms with Gasteiger partial charge in [-0.15, -0.1) is 0 Å². The molecule has 0 radical (unpaired) electrons. The minimum absolute atomic E-state index is 0.767. The van der Waals surface area contributed by atoms with Gasteiger partial charge >= 0.3 is 0 Å². The van der Waals surface area contributed by atoms with Gasteiger partial charge in [0, 0.05) is 25.8 Å². The molecule has 0 atom stereocenters. The zero-order valence-corrected chi connectivity index (χ0v) is 10.8. The van der Waals surface area contributed by atoms with Crippen LogP contribution < -0.4 is 14.8 Å². The van der Waals surface area contributed by atoms with Crippen LogP contribution in [0.5, 0.6) is 11.5 Å². The summed E-state index contributed by atoms with van der Waals surface area (Å²) in [4.78, 5) is 0. The van der Waals surface area contributed by atoms with Crippen molar-refractivity contribution in [1.82, 2.24) is 5.32 Å². The molecular weight excluding hydrogens is 218 g/mol. The molecule has 96 valence electrons. The van der Waals surface area contributed by atoms with E-state index < -0.39 is 0 Å². The second kappa shape index (κ2) is 7.92. The zero-order valence-electron chi connectivity index (χ0n) is 10.8. The highest BCUT2D eigenvalue weighted by atomic mass is 16.5. The van der Waals surface area contributed by atoms with E-state index in [9.17, 15) is 0 Å². The van der Waals surface area contributed by atoms with Gasteiger partial charge in [0.05, 0.1) is 14.2 Å². The van der Waals surface area contributed by atoms with Crippen molar-refractivity contribution < 1.29 is 14.2 Å². The van der Waals surface area contributed by atoms with E-state index in [-0.39, 0.29) is 0 Å². The lowest BCUT2D eigenvalue weighted by Gasteiger charge is -2.13. The van der Waals surface area contributed by atoms with Crippen LogP contribution in [0.2, 0.25) is 0 Å². The number of ether oxygens (including phenoxy) is 3. The topological polar surface area (TPSA) is 39.7 Å². The van der Waals surface area contributed by atoms with Crippen LogP contribution in [0.25, 0.3) is 0 Å². The standard InChI is InChI=1S/C13H21NO3/c1-15-9-5-8-14-10-11-6-4-7-12(16-2)13(11)17-3/h4,6-7,14H,5,8-10H2,1-3H3. The molecule has 1 aromatic rings. The SMILES string of the molecule is COCCCNCc1cccc(OC)c1OC. The fourth-order valence-electron chi connectivity index (χ4n) is 1.66. The van der Waals surface area contributed by atoms with Crippen molar-refractivity contribution in [2.45, 2.75) is 13.0 Å². The molecule has 1 rings (SSSR count). The third kappa shape index (κ3) is 4.24. The molecule has 0 aliphatic heterocycles. The lowest BCUT2D eigenvalue weighted by molar-refractivity contribution is 0.194. The Kier molecular flexibility index (Phi) is 6.43. The number of benzene rings is 1. The van der Waals surface area contributed by atoms with Gasteiger partial charge in [-0.25, -0.2) is 0 Å². The molecule has 0 bridgehead atoms. The second-order valence-electron chi connectivity index (χ2n) is 3.68. The second-order valence-corrected chi connectivity index (χ2v) is 3.68. The van der Waals surface area contributed by atoms with E-state index >= 15 is 0 Å². The first-order chi connectivity index (χ1) is 8.33. The molecule has 0 saturated heterocycles. The molecule has 0 aliphatic carbocycles. The van der Waals surface area contributed by atoms with E-state index in [1.807, 2.05) is 18.2 Å². The quantitative estimate of drug-likeness (QED) is 0.703. The molecule has 0 aromatic heterocycles. The number of hydrogen-bond acceptors (Lipinski definition) is 4. The van der Waals surface area contributed by atoms with Crippen LogP contribution in [0, 0.1) is 0 Å². The molecule has 0 spiro atoms. The lowest BCUT2D eigenvalue weighted by atomic mass is 10.2. The number of rotatable bonds is 8. The summed E-state index contributed by atoms with van der Waals surface area (Å²) in [6.07, 6.45) is 1.00. The fraction of sp³-hybridized carbons (Fsp3) is 0.538. The Hall–Kier alpha value is -1.26. The molecule has 0 saturated carbocycles. The van der Waals surface area contributed by atoms with E-state index in [0.717, 1.165) is 43.2 Å². The minimum atomic E-state index is 0.767. The van der Waals surface area contributed by atoms with E-state index in [0.29, 0.717) is 0 Å². The minimum Gasteiger partial charge on any atom is -0.493 e. The van der Waals surface area contributed by atoms with Crippen molar-refractivity contribution in [3.8, 4) is 11.5 Å². The Balaban J connectivity index is 2.52. The van der Waals surface area contributed by atoms with E-state index in [4.69, 9.17) is 14.2 Å². The van der Waals surface area contributed by atoms with Crippen molar-refractivity contribution in [2.75, 3.05) is 34.5 Å². The van der Waals surface area contributed by atoms with Crippen LogP contribution in [0.3, 0.4) is 0 Å². The van der Waals surface area contributed by atoms with Crippen molar-refractivity contribution >= 4 is 0 Å². The zero-order chi connectivity index (χ0) is 12.5. The van der Waals surface area contributed by atoms with E-state index in [2.05, 4.69) is 5.32 Å². The summed E-state index contributed by atoms with van der Waals surface area (Å²) in [6.45, 7) is 2.47. The molecule has 0 heterocycles. The third-order valence-corrected chi connectivity index (χ3v) is 2.50. The monoisotopic (exact) mass is 239 g/mol. The van der Waals surface area contributed by atoms with Crippen LogP contribution >= 0.6 is 0 Å². The van der Waals surface area contributed by atoms with Crippen molar-refractivity contribution in [3.05, 3.63) is 23.8 Å². The fourth-order valence-corrected chi connectivity index (χ4v) is 1.66. The third-order valence-electron chi connectivity index (χ3n) is 2.50. The van der Waals surface area contributed by atoms with Gasteiger partial charge in [-0.3, -0.25) is 0 Å². The molecule has 0 fully saturated rings. The number of hydrogen-bond donors (Lipinski definition) is 1.